The molecule has 0 spiro atoms. The van der Waals surface area contributed by atoms with Crippen molar-refractivity contribution in [3.05, 3.63) is 54.1 Å². The second-order valence-corrected chi connectivity index (χ2v) is 4.57. The fraction of sp³-hybridized carbons (Fsp3) is 0.154. The summed E-state index contributed by atoms with van der Waals surface area (Å²) in [6.07, 6.45) is 9.37. The summed E-state index contributed by atoms with van der Waals surface area (Å²) in [5.41, 5.74) is 1.19. The molecule has 0 fully saturated rings. The quantitative estimate of drug-likeness (QED) is 0.773. The maximum atomic E-state index is 5.92. The lowest BCUT2D eigenvalue weighted by atomic mass is 10.2. The van der Waals surface area contributed by atoms with E-state index < -0.39 is 0 Å². The molecule has 0 bridgehead atoms. The molecule has 0 saturated carbocycles. The Morgan fingerprint density at radius 2 is 1.90 bits per heavy atom. The number of rotatable bonds is 5. The molecule has 0 aliphatic carbocycles. The van der Waals surface area contributed by atoms with Crippen LogP contribution in [0.15, 0.2) is 43.2 Å². The molecule has 0 amide bonds. The van der Waals surface area contributed by atoms with Crippen molar-refractivity contribution in [2.45, 2.75) is 6.42 Å². The minimum absolute atomic E-state index is 0.139. The molecule has 0 radical (unpaired) electrons. The second kappa shape index (κ2) is 6.27. The summed E-state index contributed by atoms with van der Waals surface area (Å²) in [6.45, 7) is 0.688. The lowest BCUT2D eigenvalue weighted by Crippen LogP contribution is -2.11. The zero-order valence-electron chi connectivity index (χ0n) is 11.0. The van der Waals surface area contributed by atoms with Gasteiger partial charge in [-0.15, -0.1) is 0 Å². The fourth-order valence-electron chi connectivity index (χ4n) is 1.78. The van der Waals surface area contributed by atoms with Gasteiger partial charge in [0, 0.05) is 31.3 Å². The molecule has 8 heteroatoms. The van der Waals surface area contributed by atoms with E-state index in [1.807, 2.05) is 12.1 Å². The first kappa shape index (κ1) is 13.4. The molecule has 1 N–H and O–H groups in total. The van der Waals surface area contributed by atoms with Gasteiger partial charge in [-0.25, -0.2) is 4.98 Å². The third-order valence-corrected chi connectivity index (χ3v) is 2.95. The van der Waals surface area contributed by atoms with Crippen LogP contribution >= 0.6 is 11.6 Å². The van der Waals surface area contributed by atoms with Crippen LogP contribution in [0.1, 0.15) is 5.56 Å². The van der Waals surface area contributed by atoms with E-state index in [-0.39, 0.29) is 5.28 Å². The third-order valence-electron chi connectivity index (χ3n) is 2.78. The predicted molar refractivity (Wildman–Crippen MR) is 78.4 cm³/mol. The number of pyridine rings is 1. The molecule has 0 saturated heterocycles. The average Bonchev–Trinajstić information content (AvgIpc) is 3.02. The van der Waals surface area contributed by atoms with Crippen molar-refractivity contribution in [3.8, 4) is 5.95 Å². The lowest BCUT2D eigenvalue weighted by Gasteiger charge is -2.07. The standard InChI is InChI=1S/C13H12ClN7/c14-11-18-12(17-6-3-10-1-4-15-5-2-10)20-13(19-11)21-8-7-16-9-21/h1-2,4-5,7-9H,3,6H2,(H,17,18,19,20). The monoisotopic (exact) mass is 301 g/mol. The Morgan fingerprint density at radius 1 is 1.05 bits per heavy atom. The number of imidazole rings is 1. The van der Waals surface area contributed by atoms with Crippen LogP contribution in [0.4, 0.5) is 5.95 Å². The molecule has 0 aliphatic heterocycles. The van der Waals surface area contributed by atoms with Crippen molar-refractivity contribution >= 4 is 17.5 Å². The van der Waals surface area contributed by atoms with Gasteiger partial charge in [0.25, 0.3) is 0 Å². The largest absolute Gasteiger partial charge is 0.354 e. The van der Waals surface area contributed by atoms with Gasteiger partial charge in [0.05, 0.1) is 0 Å². The van der Waals surface area contributed by atoms with Gasteiger partial charge in [-0.2, -0.15) is 15.0 Å². The molecule has 3 heterocycles. The zero-order valence-corrected chi connectivity index (χ0v) is 11.8. The van der Waals surface area contributed by atoms with E-state index >= 15 is 0 Å². The molecule has 0 unspecified atom stereocenters. The Balaban J connectivity index is 1.68. The van der Waals surface area contributed by atoms with E-state index in [0.717, 1.165) is 6.42 Å². The second-order valence-electron chi connectivity index (χ2n) is 4.23. The van der Waals surface area contributed by atoms with Gasteiger partial charge < -0.3 is 5.32 Å². The van der Waals surface area contributed by atoms with Gasteiger partial charge >= 0.3 is 0 Å². The predicted octanol–water partition coefficient (Wildman–Crippen LogP) is 1.76. The summed E-state index contributed by atoms with van der Waals surface area (Å²) in [7, 11) is 0. The first-order chi connectivity index (χ1) is 10.3. The van der Waals surface area contributed by atoms with E-state index in [1.165, 1.54) is 5.56 Å². The van der Waals surface area contributed by atoms with Crippen LogP contribution in [0.3, 0.4) is 0 Å². The molecule has 21 heavy (non-hydrogen) atoms. The number of nitrogens with zero attached hydrogens (tertiary/aromatic N) is 6. The first-order valence-corrected chi connectivity index (χ1v) is 6.72. The summed E-state index contributed by atoms with van der Waals surface area (Å²) < 4.78 is 1.67. The van der Waals surface area contributed by atoms with Gasteiger partial charge in [-0.05, 0) is 35.7 Å². The zero-order chi connectivity index (χ0) is 14.5. The summed E-state index contributed by atoms with van der Waals surface area (Å²) in [4.78, 5) is 20.4. The molecule has 7 nitrogen and oxygen atoms in total. The molecule has 0 aliphatic rings. The Morgan fingerprint density at radius 3 is 2.67 bits per heavy atom. The average molecular weight is 302 g/mol. The third kappa shape index (κ3) is 3.51. The normalized spacial score (nSPS) is 10.5. The van der Waals surface area contributed by atoms with Crippen molar-refractivity contribution in [3.63, 3.8) is 0 Å². The van der Waals surface area contributed by atoms with Crippen LogP contribution in [0.5, 0.6) is 0 Å². The van der Waals surface area contributed by atoms with Gasteiger partial charge in [0.15, 0.2) is 0 Å². The molecule has 3 rings (SSSR count). The Hall–Kier alpha value is -2.54. The van der Waals surface area contributed by atoms with Gasteiger partial charge in [0.1, 0.15) is 6.33 Å². The number of hydrogen-bond donors (Lipinski definition) is 1. The smallest absolute Gasteiger partial charge is 0.241 e. The fourth-order valence-corrected chi connectivity index (χ4v) is 1.94. The van der Waals surface area contributed by atoms with Crippen LogP contribution < -0.4 is 5.32 Å². The van der Waals surface area contributed by atoms with Crippen LogP contribution in [-0.2, 0) is 6.42 Å². The maximum Gasteiger partial charge on any atom is 0.241 e. The maximum absolute atomic E-state index is 5.92. The molecule has 106 valence electrons. The van der Waals surface area contributed by atoms with Crippen molar-refractivity contribution in [1.29, 1.82) is 0 Å². The number of hydrogen-bond acceptors (Lipinski definition) is 6. The number of anilines is 1. The van der Waals surface area contributed by atoms with Crippen LogP contribution in [0.2, 0.25) is 5.28 Å². The summed E-state index contributed by atoms with van der Waals surface area (Å²) in [5, 5.41) is 3.27. The van der Waals surface area contributed by atoms with Gasteiger partial charge in [0.2, 0.25) is 17.2 Å². The van der Waals surface area contributed by atoms with Crippen molar-refractivity contribution in [2.24, 2.45) is 0 Å². The molecular formula is C13H12ClN7. The highest BCUT2D eigenvalue weighted by molar-refractivity contribution is 6.28. The topological polar surface area (TPSA) is 81.4 Å². The minimum atomic E-state index is 0.139. The lowest BCUT2D eigenvalue weighted by molar-refractivity contribution is 0.883. The number of halogens is 1. The summed E-state index contributed by atoms with van der Waals surface area (Å²) in [5.74, 6) is 0.867. The van der Waals surface area contributed by atoms with Crippen LogP contribution in [0, 0.1) is 0 Å². The summed E-state index contributed by atoms with van der Waals surface area (Å²) >= 11 is 5.92. The van der Waals surface area contributed by atoms with E-state index in [4.69, 9.17) is 11.6 Å². The van der Waals surface area contributed by atoms with Gasteiger partial charge in [-0.3, -0.25) is 9.55 Å². The van der Waals surface area contributed by atoms with Crippen molar-refractivity contribution in [2.75, 3.05) is 11.9 Å². The highest BCUT2D eigenvalue weighted by atomic mass is 35.5. The highest BCUT2D eigenvalue weighted by Gasteiger charge is 2.06. The molecule has 0 atom stereocenters. The Bertz CT molecular complexity index is 700. The minimum Gasteiger partial charge on any atom is -0.354 e. The van der Waals surface area contributed by atoms with Crippen LogP contribution in [-0.4, -0.2) is 36.0 Å². The van der Waals surface area contributed by atoms with E-state index in [2.05, 4.69) is 30.2 Å². The van der Waals surface area contributed by atoms with E-state index in [1.54, 1.807) is 35.7 Å². The van der Waals surface area contributed by atoms with Gasteiger partial charge in [-0.1, -0.05) is 0 Å². The molecular weight excluding hydrogens is 290 g/mol. The molecule has 3 aromatic rings. The van der Waals surface area contributed by atoms with E-state index in [0.29, 0.717) is 18.4 Å². The SMILES string of the molecule is Clc1nc(NCCc2ccncc2)nc(-n2ccnc2)n1. The van der Waals surface area contributed by atoms with Crippen molar-refractivity contribution < 1.29 is 0 Å². The number of nitrogens with one attached hydrogen (secondary N) is 1. The Labute approximate surface area is 126 Å². The van der Waals surface area contributed by atoms with Crippen LogP contribution in [0.25, 0.3) is 5.95 Å². The van der Waals surface area contributed by atoms with Crippen molar-refractivity contribution in [1.82, 2.24) is 29.5 Å². The molecule has 0 aromatic carbocycles. The summed E-state index contributed by atoms with van der Waals surface area (Å²) in [6, 6.07) is 3.94. The first-order valence-electron chi connectivity index (χ1n) is 6.34. The Kier molecular flexibility index (Phi) is 4.02. The highest BCUT2D eigenvalue weighted by Crippen LogP contribution is 2.09. The van der Waals surface area contributed by atoms with E-state index in [9.17, 15) is 0 Å². The molecule has 3 aromatic heterocycles. The number of aromatic nitrogens is 6.